The Balaban J connectivity index is 1.74. The molecule has 0 spiro atoms. The number of aryl methyl sites for hydroxylation is 1. The van der Waals surface area contributed by atoms with Gasteiger partial charge in [0.15, 0.2) is 5.76 Å². The Hall–Kier alpha value is -3.86. The summed E-state index contributed by atoms with van der Waals surface area (Å²) < 4.78 is 41.5. The monoisotopic (exact) mass is 442 g/mol. The minimum Gasteiger partial charge on any atom is -0.495 e. The minimum atomic E-state index is -3.55. The van der Waals surface area contributed by atoms with Crippen molar-refractivity contribution >= 4 is 38.4 Å². The molecule has 0 saturated heterocycles. The fourth-order valence-electron chi connectivity index (χ4n) is 3.09. The van der Waals surface area contributed by atoms with Crippen molar-refractivity contribution in [1.82, 2.24) is 10.1 Å². The Kier molecular flexibility index (Phi) is 5.11. The molecule has 31 heavy (non-hydrogen) atoms. The number of amides is 1. The zero-order valence-electron chi connectivity index (χ0n) is 16.8. The van der Waals surface area contributed by atoms with Crippen molar-refractivity contribution in [3.63, 3.8) is 0 Å². The van der Waals surface area contributed by atoms with Gasteiger partial charge >= 0.3 is 0 Å². The van der Waals surface area contributed by atoms with Gasteiger partial charge in [0.1, 0.15) is 11.4 Å². The molecule has 4 rings (SSSR count). The number of nitrogens with zero attached hydrogens (tertiary/aromatic N) is 2. The molecule has 4 aromatic rings. The van der Waals surface area contributed by atoms with Gasteiger partial charge in [-0.25, -0.2) is 13.4 Å². The van der Waals surface area contributed by atoms with Crippen LogP contribution < -0.4 is 14.8 Å². The van der Waals surface area contributed by atoms with Crippen LogP contribution in [0.15, 0.2) is 51.6 Å². The lowest BCUT2D eigenvalue weighted by Crippen LogP contribution is -2.14. The summed E-state index contributed by atoms with van der Waals surface area (Å²) >= 11 is 0. The van der Waals surface area contributed by atoms with Crippen molar-refractivity contribution in [2.75, 3.05) is 23.4 Å². The standard InChI is InChI=1S/C20H18N4O6S/c1-11-18-13(10-14(17-5-4-8-29-17)22-20(18)30-23-11)19(25)21-12-6-7-16(28-2)15(9-12)24-31(3,26)27/h4-10,24H,1-3H3,(H,21,25). The van der Waals surface area contributed by atoms with Gasteiger partial charge in [-0.3, -0.25) is 9.52 Å². The van der Waals surface area contributed by atoms with Crippen LogP contribution in [0.4, 0.5) is 11.4 Å². The smallest absolute Gasteiger partial charge is 0.259 e. The molecule has 0 unspecified atom stereocenters. The van der Waals surface area contributed by atoms with Gasteiger partial charge < -0.3 is 19.0 Å². The number of anilines is 2. The summed E-state index contributed by atoms with van der Waals surface area (Å²) in [7, 11) is -2.13. The second-order valence-electron chi connectivity index (χ2n) is 6.72. The highest BCUT2D eigenvalue weighted by atomic mass is 32.2. The topological polar surface area (TPSA) is 137 Å². The fraction of sp³-hybridized carbons (Fsp3) is 0.150. The lowest BCUT2D eigenvalue weighted by atomic mass is 10.1. The Bertz CT molecular complexity index is 1380. The summed E-state index contributed by atoms with van der Waals surface area (Å²) in [5, 5.41) is 7.13. The molecule has 0 fully saturated rings. The van der Waals surface area contributed by atoms with Crippen LogP contribution in [-0.2, 0) is 10.0 Å². The average Bonchev–Trinajstić information content (AvgIpc) is 3.37. The first-order chi connectivity index (χ1) is 14.7. The Labute approximate surface area is 177 Å². The van der Waals surface area contributed by atoms with Gasteiger partial charge in [-0.15, -0.1) is 0 Å². The zero-order chi connectivity index (χ0) is 22.2. The van der Waals surface area contributed by atoms with E-state index in [0.29, 0.717) is 34.0 Å². The van der Waals surface area contributed by atoms with Gasteiger partial charge in [0, 0.05) is 5.69 Å². The van der Waals surface area contributed by atoms with Gasteiger partial charge in [-0.05, 0) is 43.3 Å². The van der Waals surface area contributed by atoms with Crippen LogP contribution >= 0.6 is 0 Å². The van der Waals surface area contributed by atoms with E-state index in [1.165, 1.54) is 19.4 Å². The average molecular weight is 442 g/mol. The van der Waals surface area contributed by atoms with Crippen molar-refractivity contribution in [2.45, 2.75) is 6.92 Å². The number of aromatic nitrogens is 2. The van der Waals surface area contributed by atoms with Crippen molar-refractivity contribution < 1.29 is 26.9 Å². The van der Waals surface area contributed by atoms with E-state index in [1.807, 2.05) is 0 Å². The molecule has 0 saturated carbocycles. The second kappa shape index (κ2) is 7.76. The minimum absolute atomic E-state index is 0.195. The molecule has 2 N–H and O–H groups in total. The quantitative estimate of drug-likeness (QED) is 0.463. The molecule has 1 aromatic carbocycles. The van der Waals surface area contributed by atoms with Crippen LogP contribution in [0.1, 0.15) is 16.1 Å². The molecule has 160 valence electrons. The van der Waals surface area contributed by atoms with E-state index in [2.05, 4.69) is 20.2 Å². The first-order valence-corrected chi connectivity index (χ1v) is 10.9. The predicted octanol–water partition coefficient (Wildman–Crippen LogP) is 3.42. The van der Waals surface area contributed by atoms with E-state index in [1.54, 1.807) is 37.3 Å². The van der Waals surface area contributed by atoms with Crippen molar-refractivity contribution in [2.24, 2.45) is 0 Å². The molecular formula is C20H18N4O6S. The van der Waals surface area contributed by atoms with Crippen LogP contribution in [-0.4, -0.2) is 37.8 Å². The van der Waals surface area contributed by atoms with Crippen molar-refractivity contribution in [3.8, 4) is 17.2 Å². The maximum absolute atomic E-state index is 13.1. The maximum atomic E-state index is 13.1. The summed E-state index contributed by atoms with van der Waals surface area (Å²) in [6.07, 6.45) is 2.52. The molecule has 0 aliphatic carbocycles. The summed E-state index contributed by atoms with van der Waals surface area (Å²) in [4.78, 5) is 17.5. The number of ether oxygens (including phenoxy) is 1. The largest absolute Gasteiger partial charge is 0.495 e. The third kappa shape index (κ3) is 4.21. The summed E-state index contributed by atoms with van der Waals surface area (Å²) in [6, 6.07) is 9.61. The lowest BCUT2D eigenvalue weighted by molar-refractivity contribution is 0.102. The number of nitrogens with one attached hydrogen (secondary N) is 2. The first kappa shape index (κ1) is 20.4. The van der Waals surface area contributed by atoms with Crippen LogP contribution in [0.25, 0.3) is 22.6 Å². The second-order valence-corrected chi connectivity index (χ2v) is 8.47. The fourth-order valence-corrected chi connectivity index (χ4v) is 3.65. The highest BCUT2D eigenvalue weighted by molar-refractivity contribution is 7.92. The van der Waals surface area contributed by atoms with Gasteiger partial charge in [-0.2, -0.15) is 0 Å². The number of carbonyl (C=O) groups excluding carboxylic acids is 1. The number of hydrogen-bond donors (Lipinski definition) is 2. The van der Waals surface area contributed by atoms with Crippen LogP contribution in [0.2, 0.25) is 0 Å². The van der Waals surface area contributed by atoms with Crippen molar-refractivity contribution in [1.29, 1.82) is 0 Å². The van der Waals surface area contributed by atoms with E-state index in [-0.39, 0.29) is 17.0 Å². The summed E-state index contributed by atoms with van der Waals surface area (Å²) in [6.45, 7) is 1.71. The molecule has 0 bridgehead atoms. The van der Waals surface area contributed by atoms with E-state index in [4.69, 9.17) is 13.7 Å². The molecular weight excluding hydrogens is 424 g/mol. The molecule has 3 heterocycles. The molecule has 0 aliphatic rings. The van der Waals surface area contributed by atoms with Crippen LogP contribution in [0.5, 0.6) is 5.75 Å². The van der Waals surface area contributed by atoms with Gasteiger partial charge in [-0.1, -0.05) is 5.16 Å². The number of rotatable bonds is 6. The number of benzene rings is 1. The Morgan fingerprint density at radius 1 is 1.19 bits per heavy atom. The Morgan fingerprint density at radius 2 is 2.00 bits per heavy atom. The Morgan fingerprint density at radius 3 is 2.68 bits per heavy atom. The number of hydrogen-bond acceptors (Lipinski definition) is 8. The molecule has 0 atom stereocenters. The SMILES string of the molecule is COc1ccc(NC(=O)c2cc(-c3ccco3)nc3onc(C)c23)cc1NS(C)(=O)=O. The third-order valence-corrected chi connectivity index (χ3v) is 4.98. The molecule has 11 heteroatoms. The molecule has 3 aromatic heterocycles. The number of sulfonamides is 1. The number of furan rings is 1. The van der Waals surface area contributed by atoms with Gasteiger partial charge in [0.25, 0.3) is 11.6 Å². The maximum Gasteiger partial charge on any atom is 0.259 e. The zero-order valence-corrected chi connectivity index (χ0v) is 17.6. The summed E-state index contributed by atoms with van der Waals surface area (Å²) in [5.41, 5.74) is 1.95. The van der Waals surface area contributed by atoms with E-state index < -0.39 is 15.9 Å². The molecule has 10 nitrogen and oxygen atoms in total. The molecule has 0 aliphatic heterocycles. The lowest BCUT2D eigenvalue weighted by Gasteiger charge is -2.13. The number of methoxy groups -OCH3 is 1. The predicted molar refractivity (Wildman–Crippen MR) is 114 cm³/mol. The third-order valence-electron chi connectivity index (χ3n) is 4.39. The number of fused-ring (bicyclic) bond motifs is 1. The highest BCUT2D eigenvalue weighted by Gasteiger charge is 2.21. The van der Waals surface area contributed by atoms with Crippen LogP contribution in [0, 0.1) is 6.92 Å². The number of carbonyl (C=O) groups is 1. The van der Waals surface area contributed by atoms with Crippen molar-refractivity contribution in [3.05, 3.63) is 53.9 Å². The van der Waals surface area contributed by atoms with Gasteiger partial charge in [0.05, 0.1) is 42.0 Å². The van der Waals surface area contributed by atoms with E-state index >= 15 is 0 Å². The summed E-state index contributed by atoms with van der Waals surface area (Å²) in [5.74, 6) is 0.320. The van der Waals surface area contributed by atoms with Crippen LogP contribution in [0.3, 0.4) is 0 Å². The molecule has 0 radical (unpaired) electrons. The highest BCUT2D eigenvalue weighted by Crippen LogP contribution is 2.31. The van der Waals surface area contributed by atoms with Gasteiger partial charge in [0.2, 0.25) is 10.0 Å². The molecule has 1 amide bonds. The van der Waals surface area contributed by atoms with E-state index in [9.17, 15) is 13.2 Å². The van der Waals surface area contributed by atoms with E-state index in [0.717, 1.165) is 6.26 Å². The normalized spacial score (nSPS) is 11.5. The first-order valence-electron chi connectivity index (χ1n) is 9.03. The number of pyridine rings is 1.